The van der Waals surface area contributed by atoms with E-state index in [1.54, 1.807) is 37.4 Å². The molecule has 1 aromatic heterocycles. The molecule has 4 aromatic rings. The molecule has 0 fully saturated rings. The lowest BCUT2D eigenvalue weighted by atomic mass is 10.2. The molecule has 0 atom stereocenters. The highest BCUT2D eigenvalue weighted by atomic mass is 19.1. The first-order chi connectivity index (χ1) is 14.1. The Kier molecular flexibility index (Phi) is 5.16. The second-order valence-electron chi connectivity index (χ2n) is 6.38. The van der Waals surface area contributed by atoms with E-state index in [0.29, 0.717) is 29.4 Å². The molecule has 0 saturated carbocycles. The monoisotopic (exact) mass is 391 g/mol. The highest BCUT2D eigenvalue weighted by molar-refractivity contribution is 5.97. The van der Waals surface area contributed by atoms with Gasteiger partial charge >= 0.3 is 0 Å². The van der Waals surface area contributed by atoms with Gasteiger partial charge in [0.25, 0.3) is 5.91 Å². The van der Waals surface area contributed by atoms with E-state index in [1.165, 1.54) is 12.1 Å². The molecule has 0 aliphatic carbocycles. The molecule has 0 saturated heterocycles. The van der Waals surface area contributed by atoms with E-state index in [2.05, 4.69) is 5.32 Å². The van der Waals surface area contributed by atoms with Crippen LogP contribution in [0.2, 0.25) is 0 Å². The van der Waals surface area contributed by atoms with Crippen molar-refractivity contribution in [3.05, 3.63) is 89.9 Å². The van der Waals surface area contributed by atoms with E-state index in [0.717, 1.165) is 10.9 Å². The lowest BCUT2D eigenvalue weighted by molar-refractivity contribution is 0.0925. The number of methoxy groups -OCH3 is 1. The standard InChI is InChI=1S/C23H18FNO4/c1-27-20-7-3-5-16-13-21(29-22(16)20)23(26)25-14-15-4-2-6-19(12-15)28-18-10-8-17(24)9-11-18/h2-13H,14H2,1H3,(H,25,26). The predicted octanol–water partition coefficient (Wildman–Crippen LogP) is 5.30. The second kappa shape index (κ2) is 8.06. The van der Waals surface area contributed by atoms with Gasteiger partial charge in [-0.25, -0.2) is 4.39 Å². The Morgan fingerprint density at radius 3 is 2.59 bits per heavy atom. The summed E-state index contributed by atoms with van der Waals surface area (Å²) in [6, 6.07) is 20.2. The third-order valence-electron chi connectivity index (χ3n) is 4.35. The zero-order valence-electron chi connectivity index (χ0n) is 15.6. The number of halogens is 1. The lowest BCUT2D eigenvalue weighted by Crippen LogP contribution is -2.22. The average molecular weight is 391 g/mol. The van der Waals surface area contributed by atoms with Crippen molar-refractivity contribution in [2.75, 3.05) is 7.11 Å². The van der Waals surface area contributed by atoms with Crippen molar-refractivity contribution in [3.63, 3.8) is 0 Å². The Morgan fingerprint density at radius 2 is 1.79 bits per heavy atom. The number of ether oxygens (including phenoxy) is 2. The predicted molar refractivity (Wildman–Crippen MR) is 107 cm³/mol. The number of amides is 1. The first-order valence-corrected chi connectivity index (χ1v) is 8.99. The number of nitrogens with one attached hydrogen (secondary N) is 1. The SMILES string of the molecule is COc1cccc2cc(C(=O)NCc3cccc(Oc4ccc(F)cc4)c3)oc12. The van der Waals surface area contributed by atoms with Crippen LogP contribution in [-0.2, 0) is 6.54 Å². The Balaban J connectivity index is 1.43. The van der Waals surface area contributed by atoms with Gasteiger partial charge in [-0.3, -0.25) is 4.79 Å². The molecule has 0 bridgehead atoms. The minimum atomic E-state index is -0.326. The summed E-state index contributed by atoms with van der Waals surface area (Å²) in [5.41, 5.74) is 1.39. The molecular weight excluding hydrogens is 373 g/mol. The topological polar surface area (TPSA) is 60.7 Å². The molecule has 0 aliphatic heterocycles. The van der Waals surface area contributed by atoms with Crippen LogP contribution in [0.4, 0.5) is 4.39 Å². The van der Waals surface area contributed by atoms with Crippen molar-refractivity contribution < 1.29 is 23.1 Å². The normalized spacial score (nSPS) is 10.7. The number of para-hydroxylation sites is 1. The van der Waals surface area contributed by atoms with Crippen LogP contribution in [0, 0.1) is 5.82 Å². The number of fused-ring (bicyclic) bond motifs is 1. The summed E-state index contributed by atoms with van der Waals surface area (Å²) < 4.78 is 29.6. The van der Waals surface area contributed by atoms with E-state index in [1.807, 2.05) is 30.3 Å². The molecule has 3 aromatic carbocycles. The molecule has 0 aliphatic rings. The molecule has 1 amide bonds. The molecule has 0 radical (unpaired) electrons. The number of rotatable bonds is 6. The summed E-state index contributed by atoms with van der Waals surface area (Å²) in [4.78, 5) is 12.5. The van der Waals surface area contributed by atoms with Crippen LogP contribution < -0.4 is 14.8 Å². The van der Waals surface area contributed by atoms with Crippen LogP contribution >= 0.6 is 0 Å². The summed E-state index contributed by atoms with van der Waals surface area (Å²) in [7, 11) is 1.55. The van der Waals surface area contributed by atoms with Crippen LogP contribution in [0.1, 0.15) is 16.1 Å². The molecule has 4 rings (SSSR count). The van der Waals surface area contributed by atoms with Gasteiger partial charge in [-0.2, -0.15) is 0 Å². The third kappa shape index (κ3) is 4.21. The van der Waals surface area contributed by atoms with Crippen LogP contribution in [0.25, 0.3) is 11.0 Å². The highest BCUT2D eigenvalue weighted by Crippen LogP contribution is 2.28. The largest absolute Gasteiger partial charge is 0.493 e. The zero-order valence-corrected chi connectivity index (χ0v) is 15.6. The fourth-order valence-corrected chi connectivity index (χ4v) is 2.94. The Morgan fingerprint density at radius 1 is 1.00 bits per heavy atom. The van der Waals surface area contributed by atoms with Gasteiger partial charge in [0, 0.05) is 11.9 Å². The highest BCUT2D eigenvalue weighted by Gasteiger charge is 2.14. The van der Waals surface area contributed by atoms with E-state index in [-0.39, 0.29) is 17.5 Å². The van der Waals surface area contributed by atoms with Gasteiger partial charge in [0.05, 0.1) is 7.11 Å². The molecule has 146 valence electrons. The van der Waals surface area contributed by atoms with Crippen LogP contribution in [0.5, 0.6) is 17.2 Å². The van der Waals surface area contributed by atoms with Gasteiger partial charge in [0.1, 0.15) is 17.3 Å². The third-order valence-corrected chi connectivity index (χ3v) is 4.35. The molecular formula is C23H18FNO4. The number of hydrogen-bond donors (Lipinski definition) is 1. The van der Waals surface area contributed by atoms with Gasteiger partial charge in [0.15, 0.2) is 17.1 Å². The average Bonchev–Trinajstić information content (AvgIpc) is 3.18. The van der Waals surface area contributed by atoms with Crippen molar-refractivity contribution in [1.29, 1.82) is 0 Å². The summed E-state index contributed by atoms with van der Waals surface area (Å²) >= 11 is 0. The fraction of sp³-hybridized carbons (Fsp3) is 0.0870. The van der Waals surface area contributed by atoms with E-state index >= 15 is 0 Å². The maximum Gasteiger partial charge on any atom is 0.287 e. The van der Waals surface area contributed by atoms with Crippen molar-refractivity contribution in [2.24, 2.45) is 0 Å². The van der Waals surface area contributed by atoms with Crippen molar-refractivity contribution in [1.82, 2.24) is 5.32 Å². The lowest BCUT2D eigenvalue weighted by Gasteiger charge is -2.08. The van der Waals surface area contributed by atoms with Crippen LogP contribution in [-0.4, -0.2) is 13.0 Å². The Hall–Kier alpha value is -3.80. The van der Waals surface area contributed by atoms with E-state index in [4.69, 9.17) is 13.9 Å². The van der Waals surface area contributed by atoms with Crippen LogP contribution in [0.15, 0.2) is 77.2 Å². The molecule has 29 heavy (non-hydrogen) atoms. The molecule has 1 heterocycles. The van der Waals surface area contributed by atoms with E-state index < -0.39 is 0 Å². The number of carbonyl (C=O) groups is 1. The maximum absolute atomic E-state index is 13.0. The van der Waals surface area contributed by atoms with Gasteiger partial charge in [-0.1, -0.05) is 24.3 Å². The zero-order chi connectivity index (χ0) is 20.2. The van der Waals surface area contributed by atoms with Gasteiger partial charge in [-0.05, 0) is 54.1 Å². The first-order valence-electron chi connectivity index (χ1n) is 8.99. The van der Waals surface area contributed by atoms with Crippen molar-refractivity contribution in [2.45, 2.75) is 6.54 Å². The number of benzene rings is 3. The molecule has 1 N–H and O–H groups in total. The van der Waals surface area contributed by atoms with Crippen LogP contribution in [0.3, 0.4) is 0 Å². The number of furan rings is 1. The Labute approximate surface area is 166 Å². The minimum absolute atomic E-state index is 0.211. The number of hydrogen-bond acceptors (Lipinski definition) is 4. The smallest absolute Gasteiger partial charge is 0.287 e. The van der Waals surface area contributed by atoms with Gasteiger partial charge < -0.3 is 19.2 Å². The molecule has 5 nitrogen and oxygen atoms in total. The summed E-state index contributed by atoms with van der Waals surface area (Å²) in [5, 5.41) is 3.63. The van der Waals surface area contributed by atoms with E-state index in [9.17, 15) is 9.18 Å². The summed E-state index contributed by atoms with van der Waals surface area (Å²) in [6.45, 7) is 0.299. The number of carbonyl (C=O) groups excluding carboxylic acids is 1. The van der Waals surface area contributed by atoms with Gasteiger partial charge in [0.2, 0.25) is 0 Å². The summed E-state index contributed by atoms with van der Waals surface area (Å²) in [5.74, 6) is 1.26. The Bertz CT molecular complexity index is 1150. The quantitative estimate of drug-likeness (QED) is 0.484. The first kappa shape index (κ1) is 18.6. The molecule has 0 spiro atoms. The molecule has 6 heteroatoms. The summed E-state index contributed by atoms with van der Waals surface area (Å²) in [6.07, 6.45) is 0. The van der Waals surface area contributed by atoms with Gasteiger partial charge in [-0.15, -0.1) is 0 Å². The minimum Gasteiger partial charge on any atom is -0.493 e. The maximum atomic E-state index is 13.0. The van der Waals surface area contributed by atoms with Crippen molar-refractivity contribution in [3.8, 4) is 17.2 Å². The fourth-order valence-electron chi connectivity index (χ4n) is 2.94. The van der Waals surface area contributed by atoms with Crippen molar-refractivity contribution >= 4 is 16.9 Å². The molecule has 0 unspecified atom stereocenters. The second-order valence-corrected chi connectivity index (χ2v) is 6.38.